The molecule has 2 heteroatoms. The zero-order valence-electron chi connectivity index (χ0n) is 7.79. The zero-order valence-corrected chi connectivity index (χ0v) is 7.79. The molecule has 0 aliphatic carbocycles. The number of aryl methyl sites for hydroxylation is 1. The third-order valence-electron chi connectivity index (χ3n) is 2.21. The van der Waals surface area contributed by atoms with Crippen LogP contribution in [0.4, 0.5) is 0 Å². The monoisotopic (exact) mass is 175 g/mol. The molecule has 0 N–H and O–H groups in total. The summed E-state index contributed by atoms with van der Waals surface area (Å²) in [6.45, 7) is 2.20. The first-order valence-corrected chi connectivity index (χ1v) is 4.72. The summed E-state index contributed by atoms with van der Waals surface area (Å²) in [5, 5.41) is 0. The van der Waals surface area contributed by atoms with Crippen LogP contribution in [-0.4, -0.2) is 4.98 Å². The highest BCUT2D eigenvalue weighted by Crippen LogP contribution is 2.15. The van der Waals surface area contributed by atoms with Crippen molar-refractivity contribution in [3.63, 3.8) is 0 Å². The largest absolute Gasteiger partial charge is 0.443 e. The van der Waals surface area contributed by atoms with E-state index in [2.05, 4.69) is 24.0 Å². The van der Waals surface area contributed by atoms with Gasteiger partial charge in [0.05, 0.1) is 0 Å². The second-order valence-electron chi connectivity index (χ2n) is 3.26. The van der Waals surface area contributed by atoms with Gasteiger partial charge in [0.1, 0.15) is 5.52 Å². The summed E-state index contributed by atoms with van der Waals surface area (Å²) in [6, 6.07) is 6.21. The van der Waals surface area contributed by atoms with Crippen LogP contribution in [0.25, 0.3) is 11.1 Å². The van der Waals surface area contributed by atoms with Gasteiger partial charge < -0.3 is 4.42 Å². The van der Waals surface area contributed by atoms with Gasteiger partial charge in [0, 0.05) is 0 Å². The summed E-state index contributed by atoms with van der Waals surface area (Å²) < 4.78 is 5.17. The van der Waals surface area contributed by atoms with Gasteiger partial charge in [-0.05, 0) is 30.5 Å². The topological polar surface area (TPSA) is 26.0 Å². The molecule has 13 heavy (non-hydrogen) atoms. The molecule has 0 atom stereocenters. The van der Waals surface area contributed by atoms with E-state index in [9.17, 15) is 0 Å². The first-order chi connectivity index (χ1) is 6.40. The second-order valence-corrected chi connectivity index (χ2v) is 3.26. The number of fused-ring (bicyclic) bond motifs is 1. The Kier molecular flexibility index (Phi) is 2.30. The van der Waals surface area contributed by atoms with Crippen LogP contribution in [0.1, 0.15) is 25.3 Å². The van der Waals surface area contributed by atoms with E-state index < -0.39 is 0 Å². The van der Waals surface area contributed by atoms with E-state index in [1.54, 1.807) is 0 Å². The average Bonchev–Trinajstić information content (AvgIpc) is 2.61. The van der Waals surface area contributed by atoms with E-state index in [1.807, 2.05) is 6.07 Å². The quantitative estimate of drug-likeness (QED) is 0.716. The fourth-order valence-corrected chi connectivity index (χ4v) is 1.44. The van der Waals surface area contributed by atoms with Gasteiger partial charge in [-0.25, -0.2) is 4.98 Å². The van der Waals surface area contributed by atoms with Crippen LogP contribution in [0.15, 0.2) is 29.0 Å². The molecule has 0 fully saturated rings. The molecule has 68 valence electrons. The molecule has 1 aromatic heterocycles. The van der Waals surface area contributed by atoms with Crippen molar-refractivity contribution in [3.05, 3.63) is 30.2 Å². The summed E-state index contributed by atoms with van der Waals surface area (Å²) in [5.41, 5.74) is 3.19. The molecule has 1 heterocycles. The lowest BCUT2D eigenvalue weighted by atomic mass is 10.1. The molecule has 0 saturated heterocycles. The average molecular weight is 175 g/mol. The SMILES string of the molecule is CCCCc1ccc2ocnc2c1. The van der Waals surface area contributed by atoms with Gasteiger partial charge in [0.2, 0.25) is 0 Å². The van der Waals surface area contributed by atoms with Crippen LogP contribution in [-0.2, 0) is 6.42 Å². The summed E-state index contributed by atoms with van der Waals surface area (Å²) in [6.07, 6.45) is 5.10. The third kappa shape index (κ3) is 1.72. The van der Waals surface area contributed by atoms with Gasteiger partial charge in [-0.15, -0.1) is 0 Å². The smallest absolute Gasteiger partial charge is 0.181 e. The summed E-state index contributed by atoms with van der Waals surface area (Å²) in [5.74, 6) is 0. The lowest BCUT2D eigenvalue weighted by Gasteiger charge is -1.97. The zero-order chi connectivity index (χ0) is 9.10. The molecule has 2 nitrogen and oxygen atoms in total. The molecule has 0 amide bonds. The predicted molar refractivity (Wildman–Crippen MR) is 52.6 cm³/mol. The van der Waals surface area contributed by atoms with Crippen molar-refractivity contribution in [2.75, 3.05) is 0 Å². The fourth-order valence-electron chi connectivity index (χ4n) is 1.44. The number of oxazole rings is 1. The van der Waals surface area contributed by atoms with E-state index in [0.29, 0.717) is 0 Å². The van der Waals surface area contributed by atoms with Gasteiger partial charge in [-0.2, -0.15) is 0 Å². The number of hydrogen-bond acceptors (Lipinski definition) is 2. The number of hydrogen-bond donors (Lipinski definition) is 0. The lowest BCUT2D eigenvalue weighted by Crippen LogP contribution is -1.83. The Balaban J connectivity index is 2.26. The minimum Gasteiger partial charge on any atom is -0.443 e. The summed E-state index contributed by atoms with van der Waals surface area (Å²) >= 11 is 0. The summed E-state index contributed by atoms with van der Waals surface area (Å²) in [4.78, 5) is 4.12. The minimum atomic E-state index is 0.875. The Labute approximate surface area is 77.6 Å². The van der Waals surface area contributed by atoms with Crippen LogP contribution >= 0.6 is 0 Å². The lowest BCUT2D eigenvalue weighted by molar-refractivity contribution is 0.602. The van der Waals surface area contributed by atoms with Crippen LogP contribution in [0.5, 0.6) is 0 Å². The van der Waals surface area contributed by atoms with Crippen molar-refractivity contribution >= 4 is 11.1 Å². The highest BCUT2D eigenvalue weighted by Gasteiger charge is 1.99. The highest BCUT2D eigenvalue weighted by atomic mass is 16.3. The number of rotatable bonds is 3. The van der Waals surface area contributed by atoms with Crippen molar-refractivity contribution < 1.29 is 4.42 Å². The second kappa shape index (κ2) is 3.60. The van der Waals surface area contributed by atoms with Gasteiger partial charge in [-0.3, -0.25) is 0 Å². The third-order valence-corrected chi connectivity index (χ3v) is 2.21. The Hall–Kier alpha value is -1.31. The Morgan fingerprint density at radius 2 is 2.31 bits per heavy atom. The molecule has 0 radical (unpaired) electrons. The van der Waals surface area contributed by atoms with Gasteiger partial charge in [0.25, 0.3) is 0 Å². The molecule has 1 aromatic carbocycles. The van der Waals surface area contributed by atoms with Gasteiger partial charge in [-0.1, -0.05) is 19.4 Å². The van der Waals surface area contributed by atoms with E-state index in [0.717, 1.165) is 17.5 Å². The predicted octanol–water partition coefficient (Wildman–Crippen LogP) is 3.17. The van der Waals surface area contributed by atoms with Crippen molar-refractivity contribution in [3.8, 4) is 0 Å². The number of nitrogens with zero attached hydrogens (tertiary/aromatic N) is 1. The molecular weight excluding hydrogens is 162 g/mol. The van der Waals surface area contributed by atoms with Crippen molar-refractivity contribution in [1.82, 2.24) is 4.98 Å². The van der Waals surface area contributed by atoms with Crippen molar-refractivity contribution in [1.29, 1.82) is 0 Å². The first kappa shape index (κ1) is 8.30. The summed E-state index contributed by atoms with van der Waals surface area (Å²) in [7, 11) is 0. The van der Waals surface area contributed by atoms with E-state index in [-0.39, 0.29) is 0 Å². The molecular formula is C11H13NO. The molecule has 0 saturated carbocycles. The Morgan fingerprint density at radius 3 is 3.15 bits per heavy atom. The van der Waals surface area contributed by atoms with Crippen LogP contribution in [0.2, 0.25) is 0 Å². The van der Waals surface area contributed by atoms with Crippen LogP contribution in [0.3, 0.4) is 0 Å². The molecule has 0 spiro atoms. The number of benzene rings is 1. The number of unbranched alkanes of at least 4 members (excludes halogenated alkanes) is 1. The molecule has 0 aliphatic heterocycles. The Bertz CT molecular complexity index is 392. The maximum atomic E-state index is 5.17. The molecule has 2 rings (SSSR count). The van der Waals surface area contributed by atoms with E-state index in [4.69, 9.17) is 4.42 Å². The highest BCUT2D eigenvalue weighted by molar-refractivity contribution is 5.72. The van der Waals surface area contributed by atoms with Gasteiger partial charge >= 0.3 is 0 Å². The molecule has 0 aliphatic rings. The maximum absolute atomic E-state index is 5.17. The van der Waals surface area contributed by atoms with Crippen LogP contribution < -0.4 is 0 Å². The first-order valence-electron chi connectivity index (χ1n) is 4.72. The van der Waals surface area contributed by atoms with E-state index >= 15 is 0 Å². The van der Waals surface area contributed by atoms with Crippen LogP contribution in [0, 0.1) is 0 Å². The molecule has 2 aromatic rings. The molecule has 0 bridgehead atoms. The fraction of sp³-hybridized carbons (Fsp3) is 0.364. The van der Waals surface area contributed by atoms with Gasteiger partial charge in [0.15, 0.2) is 12.0 Å². The maximum Gasteiger partial charge on any atom is 0.181 e. The normalized spacial score (nSPS) is 10.8. The number of aromatic nitrogens is 1. The standard InChI is InChI=1S/C11H13NO/c1-2-3-4-9-5-6-11-10(7-9)12-8-13-11/h5-8H,2-4H2,1H3. The van der Waals surface area contributed by atoms with Crippen molar-refractivity contribution in [2.24, 2.45) is 0 Å². The molecule has 0 unspecified atom stereocenters. The van der Waals surface area contributed by atoms with Crippen molar-refractivity contribution in [2.45, 2.75) is 26.2 Å². The Morgan fingerprint density at radius 1 is 1.38 bits per heavy atom. The minimum absolute atomic E-state index is 0.875. The van der Waals surface area contributed by atoms with E-state index in [1.165, 1.54) is 24.8 Å².